The summed E-state index contributed by atoms with van der Waals surface area (Å²) < 4.78 is 0. The molecule has 0 heterocycles. The van der Waals surface area contributed by atoms with Crippen LogP contribution in [0.4, 0.5) is 0 Å². The van der Waals surface area contributed by atoms with E-state index in [-0.39, 0.29) is 80.5 Å². The largest absolute Gasteiger partial charge is 0.508 e. The molecule has 0 atom stereocenters. The Bertz CT molecular complexity index is 4190. The average molecular weight is 1190 g/mol. The van der Waals surface area contributed by atoms with Crippen LogP contribution in [0.3, 0.4) is 0 Å². The van der Waals surface area contributed by atoms with E-state index in [1.165, 1.54) is 36.4 Å². The summed E-state index contributed by atoms with van der Waals surface area (Å²) in [6.45, 7) is 3.61. The molecule has 0 aliphatic carbocycles. The Morgan fingerprint density at radius 1 is 0.202 bits per heavy atom. The second kappa shape index (κ2) is 26.8. The van der Waals surface area contributed by atoms with E-state index in [4.69, 9.17) is 0 Å². The molecule has 0 radical (unpaired) electrons. The Morgan fingerprint density at radius 3 is 0.831 bits per heavy atom. The van der Waals surface area contributed by atoms with Gasteiger partial charge in [0.25, 0.3) is 0 Å². The molecule has 14 nitrogen and oxygen atoms in total. The van der Waals surface area contributed by atoms with Gasteiger partial charge in [0.2, 0.25) is 0 Å². The van der Waals surface area contributed by atoms with Gasteiger partial charge < -0.3 is 71.5 Å². The normalized spacial score (nSPS) is 10.8. The summed E-state index contributed by atoms with van der Waals surface area (Å²) in [6, 6.07) is 72.6. The van der Waals surface area contributed by atoms with E-state index in [1.807, 2.05) is 97.9 Å². The molecule has 0 amide bonds. The molecule has 12 aromatic carbocycles. The lowest BCUT2D eigenvalue weighted by Crippen LogP contribution is -2.31. The minimum atomic E-state index is -1.19. The van der Waals surface area contributed by atoms with Crippen molar-refractivity contribution in [2.75, 3.05) is 0 Å². The Kier molecular flexibility index (Phi) is 18.5. The second-order valence-corrected chi connectivity index (χ2v) is 20.5. The highest BCUT2D eigenvalue weighted by Gasteiger charge is 2.43. The molecule has 0 saturated carbocycles. The third-order valence-corrected chi connectivity index (χ3v) is 15.2. The zero-order valence-electron chi connectivity index (χ0n) is 48.0. The lowest BCUT2D eigenvalue weighted by Gasteiger charge is -2.37. The fourth-order valence-corrected chi connectivity index (χ4v) is 10.6. The molecule has 0 aliphatic heterocycles. The summed E-state index contributed by atoms with van der Waals surface area (Å²) in [7, 11) is 0. The van der Waals surface area contributed by atoms with Crippen LogP contribution in [0.1, 0.15) is 33.4 Å². The van der Waals surface area contributed by atoms with Crippen LogP contribution >= 0.6 is 0 Å². The molecule has 446 valence electrons. The van der Waals surface area contributed by atoms with Gasteiger partial charge in [-0.05, 0) is 124 Å². The third kappa shape index (κ3) is 12.6. The highest BCUT2D eigenvalue weighted by molar-refractivity contribution is 5.89. The lowest BCUT2D eigenvalue weighted by atomic mass is 9.64. The van der Waals surface area contributed by atoms with Crippen LogP contribution in [0.5, 0.6) is 80.5 Å². The van der Waals surface area contributed by atoms with Gasteiger partial charge >= 0.3 is 0 Å². The first kappa shape index (κ1) is 61.4. The van der Waals surface area contributed by atoms with Crippen molar-refractivity contribution in [1.29, 1.82) is 0 Å². The van der Waals surface area contributed by atoms with Crippen LogP contribution in [-0.4, -0.2) is 71.5 Å². The Balaban J connectivity index is 0.000000144. The van der Waals surface area contributed by atoms with Crippen molar-refractivity contribution in [2.24, 2.45) is 0 Å². The van der Waals surface area contributed by atoms with Crippen molar-refractivity contribution in [2.45, 2.75) is 19.3 Å². The highest BCUT2D eigenvalue weighted by Crippen LogP contribution is 2.54. The van der Waals surface area contributed by atoms with Gasteiger partial charge in [-0.2, -0.15) is 0 Å². The van der Waals surface area contributed by atoms with Crippen LogP contribution in [0.2, 0.25) is 0 Å². The van der Waals surface area contributed by atoms with Crippen LogP contribution < -0.4 is 0 Å². The van der Waals surface area contributed by atoms with Gasteiger partial charge in [-0.15, -0.1) is 0 Å². The van der Waals surface area contributed by atoms with Crippen LogP contribution in [-0.2, 0) is 5.41 Å². The Labute approximate surface area is 512 Å². The number of aromatic hydroxyl groups is 14. The van der Waals surface area contributed by atoms with Gasteiger partial charge in [0.05, 0.1) is 5.41 Å². The minimum absolute atomic E-state index is 0.146. The zero-order chi connectivity index (χ0) is 63.5. The molecular weight excluding hydrogens is 1120 g/mol. The van der Waals surface area contributed by atoms with Crippen molar-refractivity contribution < 1.29 is 71.5 Å². The molecule has 14 heteroatoms. The first-order valence-electron chi connectivity index (χ1n) is 27.8. The average Bonchev–Trinajstić information content (AvgIpc) is 0.774. The molecule has 0 spiro atoms. The van der Waals surface area contributed by atoms with E-state index in [0.29, 0.717) is 55.6 Å². The van der Waals surface area contributed by atoms with Gasteiger partial charge in [0.1, 0.15) is 11.5 Å². The number of phenols is 14. The first-order chi connectivity index (χ1) is 42.8. The monoisotopic (exact) mass is 1190 g/mol. The van der Waals surface area contributed by atoms with E-state index in [2.05, 4.69) is 0 Å². The molecule has 0 fully saturated rings. The third-order valence-electron chi connectivity index (χ3n) is 15.2. The molecule has 0 unspecified atom stereocenters. The lowest BCUT2D eigenvalue weighted by molar-refractivity contribution is 0.386. The van der Waals surface area contributed by atoms with Gasteiger partial charge in [0.15, 0.2) is 69.0 Å². The predicted octanol–water partition coefficient (Wildman–Crippen LogP) is 16.0. The zero-order valence-corrected chi connectivity index (χ0v) is 48.0. The van der Waals surface area contributed by atoms with E-state index in [1.54, 1.807) is 134 Å². The number of para-hydroxylation sites is 6. The standard InChI is InChI=1S/C25H20O4.C19H16O3.C18H14O4.C13H12O3/c26-21-15-7-13-19(23(21)28)25(17-9-3-1-4-10-17,18-11-5-2-6-12-18)20-14-8-16-22(27)24(20)29;1-12-13(8-4-10-17(12)20)14-6-2-3-7-15(14)16-9-5-11-18(21)19(16)22;19-15-8-2-6-13(17(15)21)11-4-1-5-12(10-11)14-7-3-9-16(20)18(14)22;1-8-9(4-2-6-11(8)14)10-5-3-7-12(15)13(10)16/h1-16,26-29H;2-11,20-22H,1H3;1-10,19-22H;2-7,14-16H,1H3. The number of hydrogen-bond acceptors (Lipinski definition) is 14. The topological polar surface area (TPSA) is 283 Å². The molecule has 0 aromatic heterocycles. The molecule has 12 aromatic rings. The number of benzene rings is 12. The molecule has 0 saturated heterocycles. The van der Waals surface area contributed by atoms with E-state index in [9.17, 15) is 71.5 Å². The predicted molar refractivity (Wildman–Crippen MR) is 344 cm³/mol. The molecule has 12 rings (SSSR count). The van der Waals surface area contributed by atoms with Gasteiger partial charge in [-0.1, -0.05) is 200 Å². The van der Waals surface area contributed by atoms with Crippen LogP contribution in [0.25, 0.3) is 55.6 Å². The molecule has 0 bridgehead atoms. The van der Waals surface area contributed by atoms with Crippen molar-refractivity contribution in [3.8, 4) is 136 Å². The first-order valence-corrected chi connectivity index (χ1v) is 27.8. The van der Waals surface area contributed by atoms with Crippen LogP contribution in [0.15, 0.2) is 255 Å². The number of phenolic OH excluding ortho intramolecular Hbond substituents is 14. The number of rotatable bonds is 9. The summed E-state index contributed by atoms with van der Waals surface area (Å²) in [5.41, 5.74) is 9.23. The Morgan fingerprint density at radius 2 is 0.449 bits per heavy atom. The molecule has 89 heavy (non-hydrogen) atoms. The fourth-order valence-electron chi connectivity index (χ4n) is 10.6. The molecular formula is C75H62O14. The van der Waals surface area contributed by atoms with E-state index >= 15 is 0 Å². The fraction of sp³-hybridized carbons (Fsp3) is 0.0400. The summed E-state index contributed by atoms with van der Waals surface area (Å²) >= 11 is 0. The quantitative estimate of drug-likeness (QED) is 0.0473. The molecule has 0 aliphatic rings. The van der Waals surface area contributed by atoms with Gasteiger partial charge in [-0.3, -0.25) is 0 Å². The Hall–Kier alpha value is -12.2. The summed E-state index contributed by atoms with van der Waals surface area (Å²) in [5, 5.41) is 140. The summed E-state index contributed by atoms with van der Waals surface area (Å²) in [4.78, 5) is 0. The maximum atomic E-state index is 10.9. The second-order valence-electron chi connectivity index (χ2n) is 20.5. The maximum Gasteiger partial charge on any atom is 0.165 e. The minimum Gasteiger partial charge on any atom is -0.508 e. The maximum absolute atomic E-state index is 10.9. The summed E-state index contributed by atoms with van der Waals surface area (Å²) in [5.74, 6) is -2.12. The van der Waals surface area contributed by atoms with Gasteiger partial charge in [-0.25, -0.2) is 0 Å². The highest BCUT2D eigenvalue weighted by atomic mass is 16.3. The number of hydrogen-bond donors (Lipinski definition) is 14. The van der Waals surface area contributed by atoms with Crippen molar-refractivity contribution >= 4 is 0 Å². The summed E-state index contributed by atoms with van der Waals surface area (Å²) in [6.07, 6.45) is 0. The SMILES string of the molecule is Cc1c(O)cccc1-c1cccc(O)c1O.Cc1c(O)cccc1-c1ccccc1-c1cccc(O)c1O.Oc1cccc(-c2cccc(-c3cccc(O)c3O)c2)c1O.Oc1cccc(C(c2ccccc2)(c2ccccc2)c2cccc(O)c2O)c1O. The van der Waals surface area contributed by atoms with Crippen LogP contribution in [0, 0.1) is 13.8 Å². The van der Waals surface area contributed by atoms with Crippen molar-refractivity contribution in [1.82, 2.24) is 0 Å². The van der Waals surface area contributed by atoms with Crippen molar-refractivity contribution in [3.05, 3.63) is 288 Å². The van der Waals surface area contributed by atoms with Crippen molar-refractivity contribution in [3.63, 3.8) is 0 Å². The van der Waals surface area contributed by atoms with E-state index in [0.717, 1.165) is 33.4 Å². The molecule has 14 N–H and O–H groups in total. The van der Waals surface area contributed by atoms with E-state index < -0.39 is 5.41 Å². The smallest absolute Gasteiger partial charge is 0.165 e. The van der Waals surface area contributed by atoms with Gasteiger partial charge in [0, 0.05) is 33.4 Å².